The van der Waals surface area contributed by atoms with Crippen molar-refractivity contribution in [2.75, 3.05) is 7.11 Å². The van der Waals surface area contributed by atoms with Crippen LogP contribution in [0, 0.1) is 11.7 Å². The van der Waals surface area contributed by atoms with Gasteiger partial charge in [-0.05, 0) is 24.8 Å². The van der Waals surface area contributed by atoms with Crippen molar-refractivity contribution in [1.82, 2.24) is 0 Å². The minimum absolute atomic E-state index is 0.104. The number of ether oxygens (including phenoxy) is 1. The molecule has 0 bridgehead atoms. The van der Waals surface area contributed by atoms with Crippen molar-refractivity contribution in [2.45, 2.75) is 31.7 Å². The Hall–Kier alpha value is -1.09. The second-order valence-electron chi connectivity index (χ2n) is 4.43. The quantitative estimate of drug-likeness (QED) is 0.854. The lowest BCUT2D eigenvalue weighted by atomic mass is 9.92. The average molecular weight is 223 g/mol. The predicted octanol–water partition coefficient (Wildman–Crippen LogP) is 3.02. The third-order valence-corrected chi connectivity index (χ3v) is 3.47. The highest BCUT2D eigenvalue weighted by atomic mass is 19.1. The maximum absolute atomic E-state index is 13.5. The first-order valence-electron chi connectivity index (χ1n) is 5.82. The zero-order chi connectivity index (χ0) is 11.5. The van der Waals surface area contributed by atoms with Crippen molar-refractivity contribution in [2.24, 2.45) is 11.7 Å². The lowest BCUT2D eigenvalue weighted by Crippen LogP contribution is -2.20. The molecule has 2 N–H and O–H groups in total. The van der Waals surface area contributed by atoms with Crippen LogP contribution in [0.25, 0.3) is 0 Å². The van der Waals surface area contributed by atoms with Crippen LogP contribution in [0.5, 0.6) is 5.75 Å². The fraction of sp³-hybridized carbons (Fsp3) is 0.538. The standard InChI is InChI=1S/C13H18FNO/c1-16-13-10(7-4-8-11(13)14)12(15)9-5-2-3-6-9/h4,7-9,12H,2-3,5-6,15H2,1H3/t12-/m1/s1. The van der Waals surface area contributed by atoms with E-state index < -0.39 is 0 Å². The van der Waals surface area contributed by atoms with E-state index in [1.807, 2.05) is 6.07 Å². The summed E-state index contributed by atoms with van der Waals surface area (Å²) in [4.78, 5) is 0. The Morgan fingerprint density at radius 3 is 2.69 bits per heavy atom. The summed E-state index contributed by atoms with van der Waals surface area (Å²) < 4.78 is 18.6. The molecule has 1 aliphatic rings. The van der Waals surface area contributed by atoms with E-state index in [1.165, 1.54) is 26.0 Å². The lowest BCUT2D eigenvalue weighted by Gasteiger charge is -2.21. The highest BCUT2D eigenvalue weighted by molar-refractivity contribution is 5.37. The van der Waals surface area contributed by atoms with Crippen molar-refractivity contribution in [3.05, 3.63) is 29.6 Å². The second kappa shape index (κ2) is 4.83. The topological polar surface area (TPSA) is 35.2 Å². The van der Waals surface area contributed by atoms with E-state index in [1.54, 1.807) is 6.07 Å². The molecule has 0 heterocycles. The third kappa shape index (κ3) is 2.05. The minimum Gasteiger partial charge on any atom is -0.493 e. The van der Waals surface area contributed by atoms with Gasteiger partial charge in [0.2, 0.25) is 0 Å². The van der Waals surface area contributed by atoms with Gasteiger partial charge in [0.25, 0.3) is 0 Å². The number of para-hydroxylation sites is 1. The van der Waals surface area contributed by atoms with Crippen molar-refractivity contribution >= 4 is 0 Å². The molecule has 0 aromatic heterocycles. The van der Waals surface area contributed by atoms with Crippen LogP contribution in [0.15, 0.2) is 18.2 Å². The van der Waals surface area contributed by atoms with Gasteiger partial charge in [0.15, 0.2) is 11.6 Å². The average Bonchev–Trinajstić information content (AvgIpc) is 2.81. The summed E-state index contributed by atoms with van der Waals surface area (Å²) in [5.74, 6) is 0.450. The molecule has 1 atom stereocenters. The van der Waals surface area contributed by atoms with Gasteiger partial charge in [-0.1, -0.05) is 25.0 Å². The van der Waals surface area contributed by atoms with Crippen molar-refractivity contribution in [3.8, 4) is 5.75 Å². The van der Waals surface area contributed by atoms with Gasteiger partial charge >= 0.3 is 0 Å². The monoisotopic (exact) mass is 223 g/mol. The van der Waals surface area contributed by atoms with Crippen LogP contribution in [0.1, 0.15) is 37.3 Å². The Morgan fingerprint density at radius 2 is 2.06 bits per heavy atom. The van der Waals surface area contributed by atoms with Crippen molar-refractivity contribution < 1.29 is 9.13 Å². The third-order valence-electron chi connectivity index (χ3n) is 3.47. The molecule has 16 heavy (non-hydrogen) atoms. The summed E-state index contributed by atoms with van der Waals surface area (Å²) in [5.41, 5.74) is 7.00. The van der Waals surface area contributed by atoms with E-state index in [-0.39, 0.29) is 11.9 Å². The zero-order valence-corrected chi connectivity index (χ0v) is 9.58. The molecule has 0 saturated heterocycles. The predicted molar refractivity (Wildman–Crippen MR) is 61.8 cm³/mol. The fourth-order valence-corrected chi connectivity index (χ4v) is 2.57. The highest BCUT2D eigenvalue weighted by Gasteiger charge is 2.26. The first kappa shape index (κ1) is 11.4. The molecule has 0 aliphatic heterocycles. The molecule has 2 rings (SSSR count). The van der Waals surface area contributed by atoms with Gasteiger partial charge in [-0.15, -0.1) is 0 Å². The number of halogens is 1. The smallest absolute Gasteiger partial charge is 0.165 e. The van der Waals surface area contributed by atoms with Crippen LogP contribution in [-0.2, 0) is 0 Å². The summed E-state index contributed by atoms with van der Waals surface area (Å²) >= 11 is 0. The zero-order valence-electron chi connectivity index (χ0n) is 9.58. The molecule has 2 nitrogen and oxygen atoms in total. The Balaban J connectivity index is 2.27. The van der Waals surface area contributed by atoms with Crippen LogP contribution in [0.4, 0.5) is 4.39 Å². The van der Waals surface area contributed by atoms with Gasteiger partial charge in [0.1, 0.15) is 0 Å². The molecule has 0 amide bonds. The first-order valence-corrected chi connectivity index (χ1v) is 5.82. The van der Waals surface area contributed by atoms with Crippen molar-refractivity contribution in [1.29, 1.82) is 0 Å². The van der Waals surface area contributed by atoms with Gasteiger partial charge < -0.3 is 10.5 Å². The highest BCUT2D eigenvalue weighted by Crippen LogP contribution is 2.38. The largest absolute Gasteiger partial charge is 0.493 e. The SMILES string of the molecule is COc1c(F)cccc1[C@H](N)C1CCCC1. The number of hydrogen-bond acceptors (Lipinski definition) is 2. The maximum atomic E-state index is 13.5. The fourth-order valence-electron chi connectivity index (χ4n) is 2.57. The molecule has 1 aliphatic carbocycles. The van der Waals surface area contributed by atoms with E-state index in [0.29, 0.717) is 11.7 Å². The second-order valence-corrected chi connectivity index (χ2v) is 4.43. The maximum Gasteiger partial charge on any atom is 0.165 e. The van der Waals surface area contributed by atoms with E-state index >= 15 is 0 Å². The molecule has 0 spiro atoms. The van der Waals surface area contributed by atoms with E-state index in [9.17, 15) is 4.39 Å². The number of rotatable bonds is 3. The summed E-state index contributed by atoms with van der Waals surface area (Å²) in [7, 11) is 1.49. The van der Waals surface area contributed by atoms with E-state index in [2.05, 4.69) is 0 Å². The molecule has 3 heteroatoms. The summed E-state index contributed by atoms with van der Waals surface area (Å²) in [6, 6.07) is 4.87. The van der Waals surface area contributed by atoms with Gasteiger partial charge in [-0.3, -0.25) is 0 Å². The van der Waals surface area contributed by atoms with Crippen LogP contribution in [0.3, 0.4) is 0 Å². The van der Waals surface area contributed by atoms with Crippen LogP contribution >= 0.6 is 0 Å². The van der Waals surface area contributed by atoms with Gasteiger partial charge in [-0.2, -0.15) is 0 Å². The molecular weight excluding hydrogens is 205 g/mol. The number of benzene rings is 1. The molecule has 1 aromatic carbocycles. The summed E-state index contributed by atoms with van der Waals surface area (Å²) in [5, 5.41) is 0. The minimum atomic E-state index is -0.326. The Morgan fingerprint density at radius 1 is 1.38 bits per heavy atom. The number of nitrogens with two attached hydrogens (primary N) is 1. The molecule has 1 saturated carbocycles. The Labute approximate surface area is 95.6 Å². The molecule has 1 fully saturated rings. The molecule has 1 aromatic rings. The molecular formula is C13H18FNO. The summed E-state index contributed by atoms with van der Waals surface area (Å²) in [6.45, 7) is 0. The Kier molecular flexibility index (Phi) is 3.44. The normalized spacial score (nSPS) is 18.7. The molecule has 0 radical (unpaired) electrons. The van der Waals surface area contributed by atoms with E-state index in [0.717, 1.165) is 18.4 Å². The van der Waals surface area contributed by atoms with Crippen LogP contribution < -0.4 is 10.5 Å². The van der Waals surface area contributed by atoms with Crippen LogP contribution in [-0.4, -0.2) is 7.11 Å². The summed E-state index contributed by atoms with van der Waals surface area (Å²) in [6.07, 6.45) is 4.74. The Bertz CT molecular complexity index is 361. The van der Waals surface area contributed by atoms with Crippen molar-refractivity contribution in [3.63, 3.8) is 0 Å². The molecule has 88 valence electrons. The van der Waals surface area contributed by atoms with Crippen LogP contribution in [0.2, 0.25) is 0 Å². The molecule has 0 unspecified atom stereocenters. The van der Waals surface area contributed by atoms with Gasteiger partial charge in [-0.25, -0.2) is 4.39 Å². The first-order chi connectivity index (χ1) is 7.74. The lowest BCUT2D eigenvalue weighted by molar-refractivity contribution is 0.363. The number of methoxy groups -OCH3 is 1. The van der Waals surface area contributed by atoms with Gasteiger partial charge in [0.05, 0.1) is 7.11 Å². The van der Waals surface area contributed by atoms with Gasteiger partial charge in [0, 0.05) is 11.6 Å². The number of hydrogen-bond donors (Lipinski definition) is 1. The van der Waals surface area contributed by atoms with E-state index in [4.69, 9.17) is 10.5 Å².